The lowest BCUT2D eigenvalue weighted by molar-refractivity contribution is -0.134. The molecule has 0 bridgehead atoms. The van der Waals surface area contributed by atoms with Crippen molar-refractivity contribution in [1.82, 2.24) is 4.90 Å². The van der Waals surface area contributed by atoms with Gasteiger partial charge in [-0.3, -0.25) is 4.79 Å². The summed E-state index contributed by atoms with van der Waals surface area (Å²) in [5, 5.41) is 0.430. The zero-order chi connectivity index (χ0) is 22.5. The van der Waals surface area contributed by atoms with E-state index in [0.717, 1.165) is 0 Å². The number of hydrogen-bond acceptors (Lipinski definition) is 5. The summed E-state index contributed by atoms with van der Waals surface area (Å²) in [7, 11) is -2.57. The second-order valence-corrected chi connectivity index (χ2v) is 9.66. The highest BCUT2D eigenvalue weighted by molar-refractivity contribution is 7.87. The van der Waals surface area contributed by atoms with Crippen LogP contribution >= 0.6 is 11.6 Å². The average molecular weight is 454 g/mol. The van der Waals surface area contributed by atoms with E-state index in [2.05, 4.69) is 0 Å². The van der Waals surface area contributed by atoms with E-state index in [0.29, 0.717) is 22.8 Å². The molecule has 30 heavy (non-hydrogen) atoms. The fourth-order valence-electron chi connectivity index (χ4n) is 2.87. The van der Waals surface area contributed by atoms with E-state index in [1.165, 1.54) is 25.3 Å². The first-order valence-corrected chi connectivity index (χ1v) is 11.5. The van der Waals surface area contributed by atoms with Crippen molar-refractivity contribution in [3.63, 3.8) is 0 Å². The number of carbonyl (C=O) groups is 1. The first kappa shape index (κ1) is 24.0. The third-order valence-corrected chi connectivity index (χ3v) is 5.92. The maximum Gasteiger partial charge on any atom is 0.339 e. The second kappa shape index (κ2) is 10.2. The summed E-state index contributed by atoms with van der Waals surface area (Å²) in [5.41, 5.74) is 0.519. The standard InChI is InChI=1S/C22H28ClNO5S/c1-15(2)12-22(25)24(16(3)4)14-17-13-18(23)6-11-21(17)29-30(26,27)20-9-7-19(28-5)8-10-20/h6-11,13,15-16H,12,14H2,1-5H3. The largest absolute Gasteiger partial charge is 0.497 e. The minimum Gasteiger partial charge on any atom is -0.497 e. The molecule has 0 N–H and O–H groups in total. The van der Waals surface area contributed by atoms with E-state index in [1.807, 2.05) is 27.7 Å². The average Bonchev–Trinajstić information content (AvgIpc) is 2.67. The molecule has 0 heterocycles. The molecular weight excluding hydrogens is 426 g/mol. The topological polar surface area (TPSA) is 72.9 Å². The Hall–Kier alpha value is -2.25. The summed E-state index contributed by atoms with van der Waals surface area (Å²) in [6.45, 7) is 7.98. The molecule has 0 radical (unpaired) electrons. The number of benzene rings is 2. The second-order valence-electron chi connectivity index (χ2n) is 7.68. The molecule has 0 aliphatic carbocycles. The predicted octanol–water partition coefficient (Wildman–Crippen LogP) is 4.90. The monoisotopic (exact) mass is 453 g/mol. The van der Waals surface area contributed by atoms with Crippen LogP contribution in [0.15, 0.2) is 47.4 Å². The van der Waals surface area contributed by atoms with Crippen LogP contribution in [0.4, 0.5) is 0 Å². The molecule has 2 aromatic carbocycles. The SMILES string of the molecule is COc1ccc(S(=O)(=O)Oc2ccc(Cl)cc2CN(C(=O)CC(C)C)C(C)C)cc1. The van der Waals surface area contributed by atoms with Crippen LogP contribution in [-0.2, 0) is 21.5 Å². The Kier molecular flexibility index (Phi) is 8.15. The van der Waals surface area contributed by atoms with Gasteiger partial charge in [-0.1, -0.05) is 25.4 Å². The number of amides is 1. The van der Waals surface area contributed by atoms with Gasteiger partial charge in [0.15, 0.2) is 0 Å². The van der Waals surface area contributed by atoms with Gasteiger partial charge in [0, 0.05) is 29.6 Å². The number of nitrogens with zero attached hydrogens (tertiary/aromatic N) is 1. The molecule has 0 atom stereocenters. The van der Waals surface area contributed by atoms with Gasteiger partial charge in [0.1, 0.15) is 16.4 Å². The molecule has 6 nitrogen and oxygen atoms in total. The molecular formula is C22H28ClNO5S. The fourth-order valence-corrected chi connectivity index (χ4v) is 4.03. The highest BCUT2D eigenvalue weighted by atomic mass is 35.5. The lowest BCUT2D eigenvalue weighted by Gasteiger charge is -2.28. The highest BCUT2D eigenvalue weighted by Gasteiger charge is 2.23. The molecule has 0 aliphatic heterocycles. The Morgan fingerprint density at radius 2 is 1.70 bits per heavy atom. The van der Waals surface area contributed by atoms with Crippen LogP contribution in [0.25, 0.3) is 0 Å². The van der Waals surface area contributed by atoms with Gasteiger partial charge in [0.25, 0.3) is 0 Å². The van der Waals surface area contributed by atoms with Gasteiger partial charge in [-0.2, -0.15) is 8.42 Å². The lowest BCUT2D eigenvalue weighted by Crippen LogP contribution is -2.37. The van der Waals surface area contributed by atoms with Crippen LogP contribution in [0.1, 0.15) is 39.7 Å². The summed E-state index contributed by atoms with van der Waals surface area (Å²) >= 11 is 6.14. The maximum atomic E-state index is 12.8. The van der Waals surface area contributed by atoms with Crippen LogP contribution in [0.5, 0.6) is 11.5 Å². The molecule has 0 aromatic heterocycles. The minimum atomic E-state index is -4.07. The molecule has 1 amide bonds. The quantitative estimate of drug-likeness (QED) is 0.505. The normalized spacial score (nSPS) is 11.6. The Morgan fingerprint density at radius 1 is 1.07 bits per heavy atom. The Bertz CT molecular complexity index is 972. The number of methoxy groups -OCH3 is 1. The van der Waals surface area contributed by atoms with E-state index in [1.54, 1.807) is 29.2 Å². The minimum absolute atomic E-state index is 0.000741. The van der Waals surface area contributed by atoms with Crippen molar-refractivity contribution >= 4 is 27.6 Å². The fraction of sp³-hybridized carbons (Fsp3) is 0.409. The molecule has 0 saturated heterocycles. The van der Waals surface area contributed by atoms with Gasteiger partial charge < -0.3 is 13.8 Å². The lowest BCUT2D eigenvalue weighted by atomic mass is 10.1. The van der Waals surface area contributed by atoms with Crippen molar-refractivity contribution < 1.29 is 22.1 Å². The van der Waals surface area contributed by atoms with E-state index in [9.17, 15) is 13.2 Å². The van der Waals surface area contributed by atoms with Crippen molar-refractivity contribution in [3.05, 3.63) is 53.1 Å². The molecule has 2 rings (SSSR count). The van der Waals surface area contributed by atoms with Crippen molar-refractivity contribution in [1.29, 1.82) is 0 Å². The summed E-state index contributed by atoms with van der Waals surface area (Å²) in [5.74, 6) is 0.879. The van der Waals surface area contributed by atoms with Crippen molar-refractivity contribution in [2.24, 2.45) is 5.92 Å². The van der Waals surface area contributed by atoms with Crippen molar-refractivity contribution in [2.45, 2.75) is 51.6 Å². The molecule has 0 spiro atoms. The third kappa shape index (κ3) is 6.37. The van der Waals surface area contributed by atoms with Gasteiger partial charge in [-0.15, -0.1) is 0 Å². The number of rotatable bonds is 9. The van der Waals surface area contributed by atoms with Crippen molar-refractivity contribution in [3.8, 4) is 11.5 Å². The first-order chi connectivity index (χ1) is 14.0. The third-order valence-electron chi connectivity index (χ3n) is 4.44. The molecule has 0 fully saturated rings. The van der Waals surface area contributed by atoms with Crippen LogP contribution < -0.4 is 8.92 Å². The molecule has 8 heteroatoms. The van der Waals surface area contributed by atoms with Gasteiger partial charge in [0.2, 0.25) is 5.91 Å². The first-order valence-electron chi connectivity index (χ1n) is 9.70. The zero-order valence-corrected chi connectivity index (χ0v) is 19.5. The van der Waals surface area contributed by atoms with E-state index < -0.39 is 10.1 Å². The molecule has 2 aromatic rings. The van der Waals surface area contributed by atoms with E-state index in [-0.39, 0.29) is 35.1 Å². The summed E-state index contributed by atoms with van der Waals surface area (Å²) in [6, 6.07) is 10.5. The number of carbonyl (C=O) groups excluding carboxylic acids is 1. The van der Waals surface area contributed by atoms with Gasteiger partial charge in [-0.25, -0.2) is 0 Å². The summed E-state index contributed by atoms with van der Waals surface area (Å²) < 4.78 is 36.0. The van der Waals surface area contributed by atoms with Crippen molar-refractivity contribution in [2.75, 3.05) is 7.11 Å². The summed E-state index contributed by atoms with van der Waals surface area (Å²) in [6.07, 6.45) is 0.402. The smallest absolute Gasteiger partial charge is 0.339 e. The van der Waals surface area contributed by atoms with E-state index in [4.69, 9.17) is 20.5 Å². The van der Waals surface area contributed by atoms with Crippen LogP contribution in [0.3, 0.4) is 0 Å². The van der Waals surface area contributed by atoms with Gasteiger partial charge in [-0.05, 0) is 62.2 Å². The Labute approximate surface area is 183 Å². The Balaban J connectivity index is 2.34. The number of halogens is 1. The molecule has 0 aliphatic rings. The van der Waals surface area contributed by atoms with Crippen LogP contribution in [0.2, 0.25) is 5.02 Å². The van der Waals surface area contributed by atoms with Gasteiger partial charge in [0.05, 0.1) is 7.11 Å². The maximum absolute atomic E-state index is 12.8. The zero-order valence-electron chi connectivity index (χ0n) is 17.9. The number of ether oxygens (including phenoxy) is 1. The number of hydrogen-bond donors (Lipinski definition) is 0. The summed E-state index contributed by atoms with van der Waals surface area (Å²) in [4.78, 5) is 14.4. The molecule has 0 unspecified atom stereocenters. The van der Waals surface area contributed by atoms with Gasteiger partial charge >= 0.3 is 10.1 Å². The van der Waals surface area contributed by atoms with E-state index >= 15 is 0 Å². The Morgan fingerprint density at radius 3 is 2.23 bits per heavy atom. The molecule has 164 valence electrons. The van der Waals surface area contributed by atoms with Crippen LogP contribution in [-0.4, -0.2) is 32.4 Å². The van der Waals surface area contributed by atoms with Crippen LogP contribution in [0, 0.1) is 5.92 Å². The molecule has 0 saturated carbocycles. The predicted molar refractivity (Wildman–Crippen MR) is 117 cm³/mol. The highest BCUT2D eigenvalue weighted by Crippen LogP contribution is 2.29.